The van der Waals surface area contributed by atoms with Crippen LogP contribution in [0.5, 0.6) is 0 Å². The first-order valence-electron chi connectivity index (χ1n) is 5.91. The zero-order chi connectivity index (χ0) is 12.8. The van der Waals surface area contributed by atoms with Crippen molar-refractivity contribution in [3.63, 3.8) is 0 Å². The minimum atomic E-state index is -0.321. The third-order valence-electron chi connectivity index (χ3n) is 2.51. The summed E-state index contributed by atoms with van der Waals surface area (Å²) in [4.78, 5) is 5.78. The van der Waals surface area contributed by atoms with E-state index < -0.39 is 0 Å². The van der Waals surface area contributed by atoms with E-state index >= 15 is 0 Å². The summed E-state index contributed by atoms with van der Waals surface area (Å²) in [5, 5.41) is 13.7. The fourth-order valence-corrected chi connectivity index (χ4v) is 2.68. The van der Waals surface area contributed by atoms with Gasteiger partial charge in [-0.05, 0) is 20.8 Å². The largest absolute Gasteiger partial charge is 0.392 e. The molecule has 0 aliphatic carbocycles. The number of nitrogens with zero attached hydrogens (tertiary/aromatic N) is 1. The Kier molecular flexibility index (Phi) is 6.05. The Balaban J connectivity index is 2.59. The van der Waals surface area contributed by atoms with Crippen molar-refractivity contribution in [2.45, 2.75) is 39.3 Å². The second kappa shape index (κ2) is 7.06. The van der Waals surface area contributed by atoms with Gasteiger partial charge in [-0.1, -0.05) is 0 Å². The van der Waals surface area contributed by atoms with Crippen molar-refractivity contribution in [2.75, 3.05) is 20.3 Å². The smallest absolute Gasteiger partial charge is 0.0954 e. The molecule has 5 heteroatoms. The van der Waals surface area contributed by atoms with Crippen LogP contribution in [0.4, 0.5) is 0 Å². The van der Waals surface area contributed by atoms with E-state index in [-0.39, 0.29) is 12.1 Å². The molecule has 17 heavy (non-hydrogen) atoms. The van der Waals surface area contributed by atoms with Crippen molar-refractivity contribution in [2.24, 2.45) is 0 Å². The average Bonchev–Trinajstić information content (AvgIpc) is 2.64. The maximum atomic E-state index is 9.25. The molecule has 0 aliphatic heterocycles. The van der Waals surface area contributed by atoms with Gasteiger partial charge < -0.3 is 15.2 Å². The van der Waals surface area contributed by atoms with Gasteiger partial charge in [0.15, 0.2) is 0 Å². The predicted molar refractivity (Wildman–Crippen MR) is 70.5 cm³/mol. The number of aliphatic hydroxyl groups excluding tert-OH is 1. The molecule has 1 aromatic heterocycles. The Labute approximate surface area is 107 Å². The molecule has 0 fully saturated rings. The van der Waals surface area contributed by atoms with Crippen LogP contribution < -0.4 is 5.32 Å². The van der Waals surface area contributed by atoms with Gasteiger partial charge in [0.1, 0.15) is 0 Å². The molecule has 98 valence electrons. The number of ether oxygens (including phenoxy) is 1. The van der Waals surface area contributed by atoms with Crippen LogP contribution in [0.1, 0.15) is 35.5 Å². The zero-order valence-electron chi connectivity index (χ0n) is 11.0. The van der Waals surface area contributed by atoms with Crippen molar-refractivity contribution in [3.8, 4) is 0 Å². The highest BCUT2D eigenvalue weighted by Gasteiger charge is 2.14. The second-order valence-electron chi connectivity index (χ2n) is 4.28. The third-order valence-corrected chi connectivity index (χ3v) is 3.91. The number of aryl methyl sites for hydroxylation is 1. The molecule has 0 saturated heterocycles. The molecule has 0 amide bonds. The standard InChI is InChI=1S/C12H22N2O2S/c1-8(15)7-13-9(2)12-10(3)14-11(17-12)5-6-16-4/h8-9,13,15H,5-7H2,1-4H3. The van der Waals surface area contributed by atoms with E-state index in [0.29, 0.717) is 13.2 Å². The van der Waals surface area contributed by atoms with Crippen LogP contribution in [-0.4, -0.2) is 36.5 Å². The van der Waals surface area contributed by atoms with Gasteiger partial charge in [-0.15, -0.1) is 11.3 Å². The molecule has 1 heterocycles. The summed E-state index contributed by atoms with van der Waals surface area (Å²) in [5.41, 5.74) is 1.08. The molecule has 0 spiro atoms. The molecule has 4 nitrogen and oxygen atoms in total. The molecule has 0 aromatic carbocycles. The lowest BCUT2D eigenvalue weighted by Gasteiger charge is -2.13. The molecular weight excluding hydrogens is 236 g/mol. The van der Waals surface area contributed by atoms with E-state index in [1.165, 1.54) is 4.88 Å². The number of thiazole rings is 1. The maximum absolute atomic E-state index is 9.25. The quantitative estimate of drug-likeness (QED) is 0.781. The lowest BCUT2D eigenvalue weighted by Crippen LogP contribution is -2.27. The van der Waals surface area contributed by atoms with Gasteiger partial charge >= 0.3 is 0 Å². The lowest BCUT2D eigenvalue weighted by molar-refractivity contribution is 0.187. The van der Waals surface area contributed by atoms with Crippen LogP contribution in [-0.2, 0) is 11.2 Å². The molecule has 1 aromatic rings. The fraction of sp³-hybridized carbons (Fsp3) is 0.750. The molecule has 0 bridgehead atoms. The van der Waals surface area contributed by atoms with Crippen molar-refractivity contribution < 1.29 is 9.84 Å². The van der Waals surface area contributed by atoms with Crippen molar-refractivity contribution in [1.82, 2.24) is 10.3 Å². The zero-order valence-corrected chi connectivity index (χ0v) is 11.8. The summed E-state index contributed by atoms with van der Waals surface area (Å²) in [6.07, 6.45) is 0.545. The minimum absolute atomic E-state index is 0.235. The molecule has 0 saturated carbocycles. The van der Waals surface area contributed by atoms with E-state index in [0.717, 1.165) is 17.1 Å². The van der Waals surface area contributed by atoms with Gasteiger partial charge in [0.05, 0.1) is 23.4 Å². The van der Waals surface area contributed by atoms with E-state index in [1.807, 2.05) is 6.92 Å². The summed E-state index contributed by atoms with van der Waals surface area (Å²) in [6.45, 7) is 7.22. The molecule has 2 unspecified atom stereocenters. The average molecular weight is 258 g/mol. The maximum Gasteiger partial charge on any atom is 0.0954 e. The van der Waals surface area contributed by atoms with Crippen LogP contribution in [0, 0.1) is 6.92 Å². The van der Waals surface area contributed by atoms with Gasteiger partial charge in [0.2, 0.25) is 0 Å². The van der Waals surface area contributed by atoms with E-state index in [2.05, 4.69) is 17.2 Å². The van der Waals surface area contributed by atoms with Crippen LogP contribution in [0.25, 0.3) is 0 Å². The fourth-order valence-electron chi connectivity index (χ4n) is 1.60. The number of rotatable bonds is 7. The Morgan fingerprint density at radius 1 is 1.47 bits per heavy atom. The molecular formula is C12H22N2O2S. The Bertz CT molecular complexity index is 339. The van der Waals surface area contributed by atoms with Crippen molar-refractivity contribution in [3.05, 3.63) is 15.6 Å². The number of nitrogens with one attached hydrogen (secondary N) is 1. The number of hydrogen-bond acceptors (Lipinski definition) is 5. The van der Waals surface area contributed by atoms with E-state index in [9.17, 15) is 5.11 Å². The van der Waals surface area contributed by atoms with E-state index in [4.69, 9.17) is 4.74 Å². The van der Waals surface area contributed by atoms with Gasteiger partial charge in [-0.2, -0.15) is 0 Å². The Morgan fingerprint density at radius 2 is 2.18 bits per heavy atom. The normalized spacial score (nSPS) is 14.9. The monoisotopic (exact) mass is 258 g/mol. The molecule has 2 atom stereocenters. The van der Waals surface area contributed by atoms with E-state index in [1.54, 1.807) is 25.4 Å². The number of hydrogen-bond donors (Lipinski definition) is 2. The number of aromatic nitrogens is 1. The second-order valence-corrected chi connectivity index (χ2v) is 5.39. The Hall–Kier alpha value is -0.490. The number of methoxy groups -OCH3 is 1. The van der Waals surface area contributed by atoms with Gasteiger partial charge in [0, 0.05) is 31.0 Å². The molecule has 0 aliphatic rings. The molecule has 1 rings (SSSR count). The van der Waals surface area contributed by atoms with Crippen LogP contribution >= 0.6 is 11.3 Å². The summed E-state index contributed by atoms with van der Waals surface area (Å²) in [7, 11) is 1.70. The first-order chi connectivity index (χ1) is 8.04. The van der Waals surface area contributed by atoms with Crippen molar-refractivity contribution in [1.29, 1.82) is 0 Å². The first kappa shape index (κ1) is 14.6. The number of aliphatic hydroxyl groups is 1. The summed E-state index contributed by atoms with van der Waals surface area (Å²) in [6, 6.07) is 0.235. The van der Waals surface area contributed by atoms with Crippen LogP contribution in [0.2, 0.25) is 0 Å². The van der Waals surface area contributed by atoms with Crippen LogP contribution in [0.3, 0.4) is 0 Å². The van der Waals surface area contributed by atoms with Gasteiger partial charge in [0.25, 0.3) is 0 Å². The summed E-state index contributed by atoms with van der Waals surface area (Å²) < 4.78 is 5.05. The summed E-state index contributed by atoms with van der Waals surface area (Å²) >= 11 is 1.72. The summed E-state index contributed by atoms with van der Waals surface area (Å²) in [5.74, 6) is 0. The van der Waals surface area contributed by atoms with Gasteiger partial charge in [-0.25, -0.2) is 4.98 Å². The van der Waals surface area contributed by atoms with Crippen LogP contribution in [0.15, 0.2) is 0 Å². The third kappa shape index (κ3) is 4.71. The first-order valence-corrected chi connectivity index (χ1v) is 6.72. The topological polar surface area (TPSA) is 54.4 Å². The Morgan fingerprint density at radius 3 is 2.76 bits per heavy atom. The molecule has 2 N–H and O–H groups in total. The molecule has 0 radical (unpaired) electrons. The van der Waals surface area contributed by atoms with Crippen molar-refractivity contribution >= 4 is 11.3 Å². The lowest BCUT2D eigenvalue weighted by atomic mass is 10.2. The highest BCUT2D eigenvalue weighted by Crippen LogP contribution is 2.25. The predicted octanol–water partition coefficient (Wildman–Crippen LogP) is 1.67. The highest BCUT2D eigenvalue weighted by molar-refractivity contribution is 7.11. The van der Waals surface area contributed by atoms with Gasteiger partial charge in [-0.3, -0.25) is 0 Å². The minimum Gasteiger partial charge on any atom is -0.392 e. The highest BCUT2D eigenvalue weighted by atomic mass is 32.1. The SMILES string of the molecule is COCCc1nc(C)c(C(C)NCC(C)O)s1.